The molecule has 24 heavy (non-hydrogen) atoms. The van der Waals surface area contributed by atoms with Crippen LogP contribution in [0.5, 0.6) is 0 Å². The molecule has 1 aromatic heterocycles. The number of anilines is 1. The van der Waals surface area contributed by atoms with E-state index >= 15 is 0 Å². The zero-order valence-corrected chi connectivity index (χ0v) is 14.8. The highest BCUT2D eigenvalue weighted by Crippen LogP contribution is 2.26. The molecule has 0 bridgehead atoms. The molecule has 1 aliphatic heterocycles. The first-order valence-electron chi connectivity index (χ1n) is 8.04. The maximum atomic E-state index is 12.5. The number of carbonyl (C=O) groups excluding carboxylic acids is 1. The third-order valence-electron chi connectivity index (χ3n) is 4.11. The van der Waals surface area contributed by atoms with Gasteiger partial charge in [-0.05, 0) is 51.0 Å². The zero-order chi connectivity index (χ0) is 17.3. The van der Waals surface area contributed by atoms with E-state index in [2.05, 4.69) is 29.6 Å². The van der Waals surface area contributed by atoms with Gasteiger partial charge in [0, 0.05) is 28.5 Å². The first-order chi connectivity index (χ1) is 11.4. The molecule has 6 heteroatoms. The summed E-state index contributed by atoms with van der Waals surface area (Å²) < 4.78 is 1.89. The molecule has 1 unspecified atom stereocenters. The fourth-order valence-corrected chi connectivity index (χ4v) is 2.82. The molecule has 0 spiro atoms. The summed E-state index contributed by atoms with van der Waals surface area (Å²) in [6, 6.07) is 5.82. The van der Waals surface area contributed by atoms with E-state index in [9.17, 15) is 4.79 Å². The number of hydrogen-bond acceptors (Lipinski definition) is 3. The van der Waals surface area contributed by atoms with Gasteiger partial charge in [-0.25, -0.2) is 0 Å². The van der Waals surface area contributed by atoms with Crippen molar-refractivity contribution in [2.45, 2.75) is 39.3 Å². The monoisotopic (exact) mass is 344 g/mol. The van der Waals surface area contributed by atoms with Gasteiger partial charge in [0.05, 0.1) is 12.2 Å². The first kappa shape index (κ1) is 16.6. The van der Waals surface area contributed by atoms with Gasteiger partial charge in [-0.2, -0.15) is 5.10 Å². The maximum absolute atomic E-state index is 12.5. The summed E-state index contributed by atoms with van der Waals surface area (Å²) in [5, 5.41) is 11.2. The minimum atomic E-state index is -0.125. The van der Waals surface area contributed by atoms with E-state index in [1.807, 2.05) is 42.1 Å². The van der Waals surface area contributed by atoms with E-state index in [0.717, 1.165) is 16.8 Å². The molecular formula is C18H21ClN4O. The van der Waals surface area contributed by atoms with Crippen molar-refractivity contribution in [1.82, 2.24) is 15.1 Å². The van der Waals surface area contributed by atoms with Gasteiger partial charge in [-0.3, -0.25) is 9.48 Å². The second kappa shape index (κ2) is 6.69. The second-order valence-corrected chi connectivity index (χ2v) is 6.73. The van der Waals surface area contributed by atoms with Crippen LogP contribution in [-0.2, 0) is 11.2 Å². The smallest absolute Gasteiger partial charge is 0.267 e. The zero-order valence-electron chi connectivity index (χ0n) is 14.0. The van der Waals surface area contributed by atoms with E-state index in [1.165, 1.54) is 0 Å². The molecule has 2 aromatic rings. The Morgan fingerprint density at radius 1 is 1.38 bits per heavy atom. The Labute approximate surface area is 146 Å². The van der Waals surface area contributed by atoms with Gasteiger partial charge in [0.15, 0.2) is 0 Å². The Kier molecular flexibility index (Phi) is 4.62. The molecule has 0 saturated heterocycles. The third-order valence-corrected chi connectivity index (χ3v) is 4.34. The van der Waals surface area contributed by atoms with Gasteiger partial charge in [0.25, 0.3) is 5.91 Å². The van der Waals surface area contributed by atoms with E-state index < -0.39 is 0 Å². The van der Waals surface area contributed by atoms with Crippen LogP contribution in [0, 0.1) is 0 Å². The second-order valence-electron chi connectivity index (χ2n) is 6.29. The highest BCUT2D eigenvalue weighted by molar-refractivity contribution is 6.30. The maximum Gasteiger partial charge on any atom is 0.267 e. The van der Waals surface area contributed by atoms with Crippen LogP contribution >= 0.6 is 11.6 Å². The standard InChI is InChI=1S/C18H21ClN4O/c1-11(2)23-10-14(9-20-23)12(3)21-18(24)17-6-4-13-8-15(19)5-7-16(13)22-17/h5-12,22H,4H2,1-3H3,(H,21,24). The SMILES string of the molecule is CC(NC(=O)C1=CCc2cc(Cl)ccc2N1)c1cnn(C(C)C)c1. The Balaban J connectivity index is 1.67. The lowest BCUT2D eigenvalue weighted by atomic mass is 10.0. The van der Waals surface area contributed by atoms with Crippen LogP contribution in [0.25, 0.3) is 0 Å². The van der Waals surface area contributed by atoms with E-state index in [4.69, 9.17) is 11.6 Å². The number of fused-ring (bicyclic) bond motifs is 1. The van der Waals surface area contributed by atoms with Crippen molar-refractivity contribution in [3.8, 4) is 0 Å². The molecule has 1 amide bonds. The van der Waals surface area contributed by atoms with Crippen molar-refractivity contribution in [3.63, 3.8) is 0 Å². The van der Waals surface area contributed by atoms with Gasteiger partial charge in [0.2, 0.25) is 0 Å². The molecular weight excluding hydrogens is 324 g/mol. The van der Waals surface area contributed by atoms with E-state index in [0.29, 0.717) is 23.2 Å². The van der Waals surface area contributed by atoms with Crippen LogP contribution in [0.1, 0.15) is 44.0 Å². The van der Waals surface area contributed by atoms with Crippen molar-refractivity contribution >= 4 is 23.2 Å². The first-order valence-corrected chi connectivity index (χ1v) is 8.42. The Bertz CT molecular complexity index is 794. The molecule has 1 aliphatic rings. The highest BCUT2D eigenvalue weighted by Gasteiger charge is 2.19. The number of benzene rings is 1. The number of nitrogens with one attached hydrogen (secondary N) is 2. The molecule has 2 N–H and O–H groups in total. The van der Waals surface area contributed by atoms with Crippen molar-refractivity contribution in [1.29, 1.82) is 0 Å². The average Bonchev–Trinajstić information content (AvgIpc) is 3.04. The summed E-state index contributed by atoms with van der Waals surface area (Å²) in [6.07, 6.45) is 6.34. The lowest BCUT2D eigenvalue weighted by Crippen LogP contribution is -2.31. The van der Waals surface area contributed by atoms with Gasteiger partial charge >= 0.3 is 0 Å². The van der Waals surface area contributed by atoms with E-state index in [1.54, 1.807) is 6.20 Å². The molecule has 2 heterocycles. The molecule has 0 aliphatic carbocycles. The molecule has 1 atom stereocenters. The van der Waals surface area contributed by atoms with Crippen LogP contribution in [0.4, 0.5) is 5.69 Å². The molecule has 0 radical (unpaired) electrons. The van der Waals surface area contributed by atoms with Crippen molar-refractivity contribution in [3.05, 3.63) is 58.5 Å². The summed E-state index contributed by atoms with van der Waals surface area (Å²) in [7, 11) is 0. The van der Waals surface area contributed by atoms with Gasteiger partial charge in [0.1, 0.15) is 5.70 Å². The number of hydrogen-bond donors (Lipinski definition) is 2. The molecule has 126 valence electrons. The van der Waals surface area contributed by atoms with Gasteiger partial charge < -0.3 is 10.6 Å². The Morgan fingerprint density at radius 3 is 2.88 bits per heavy atom. The minimum Gasteiger partial charge on any atom is -0.351 e. The number of carbonyl (C=O) groups is 1. The number of rotatable bonds is 4. The topological polar surface area (TPSA) is 59.0 Å². The Hall–Kier alpha value is -2.27. The molecule has 5 nitrogen and oxygen atoms in total. The molecule has 0 fully saturated rings. The number of nitrogens with zero attached hydrogens (tertiary/aromatic N) is 2. The number of amides is 1. The van der Waals surface area contributed by atoms with Crippen LogP contribution in [-0.4, -0.2) is 15.7 Å². The summed E-state index contributed by atoms with van der Waals surface area (Å²) in [4.78, 5) is 12.5. The minimum absolute atomic E-state index is 0.112. The third kappa shape index (κ3) is 3.46. The van der Waals surface area contributed by atoms with Crippen LogP contribution in [0.3, 0.4) is 0 Å². The quantitative estimate of drug-likeness (QED) is 0.885. The largest absolute Gasteiger partial charge is 0.351 e. The average molecular weight is 345 g/mol. The number of aromatic nitrogens is 2. The normalized spacial score (nSPS) is 14.6. The van der Waals surface area contributed by atoms with E-state index in [-0.39, 0.29) is 11.9 Å². The van der Waals surface area contributed by atoms with Gasteiger partial charge in [-0.1, -0.05) is 17.7 Å². The summed E-state index contributed by atoms with van der Waals surface area (Å²) in [5.41, 5.74) is 3.56. The van der Waals surface area contributed by atoms with Crippen molar-refractivity contribution < 1.29 is 4.79 Å². The lowest BCUT2D eigenvalue weighted by Gasteiger charge is -2.20. The number of allylic oxidation sites excluding steroid dienone is 1. The van der Waals surface area contributed by atoms with Crippen molar-refractivity contribution in [2.24, 2.45) is 0 Å². The Morgan fingerprint density at radius 2 is 2.17 bits per heavy atom. The van der Waals surface area contributed by atoms with Crippen molar-refractivity contribution in [2.75, 3.05) is 5.32 Å². The molecule has 1 aromatic carbocycles. The van der Waals surface area contributed by atoms with Gasteiger partial charge in [-0.15, -0.1) is 0 Å². The molecule has 3 rings (SSSR count). The number of halogens is 1. The predicted octanol–water partition coefficient (Wildman–Crippen LogP) is 3.85. The highest BCUT2D eigenvalue weighted by atomic mass is 35.5. The fraction of sp³-hybridized carbons (Fsp3) is 0.333. The predicted molar refractivity (Wildman–Crippen MR) is 96.0 cm³/mol. The summed E-state index contributed by atoms with van der Waals surface area (Å²) >= 11 is 6.00. The van der Waals surface area contributed by atoms with Crippen LogP contribution < -0.4 is 10.6 Å². The summed E-state index contributed by atoms with van der Waals surface area (Å²) in [5.74, 6) is -0.125. The van der Waals surface area contributed by atoms with Crippen LogP contribution in [0.15, 0.2) is 42.4 Å². The lowest BCUT2D eigenvalue weighted by molar-refractivity contribution is -0.118. The summed E-state index contributed by atoms with van der Waals surface area (Å²) in [6.45, 7) is 6.09. The molecule has 0 saturated carbocycles. The fourth-order valence-electron chi connectivity index (χ4n) is 2.63. The van der Waals surface area contributed by atoms with Crippen LogP contribution in [0.2, 0.25) is 5.02 Å².